The summed E-state index contributed by atoms with van der Waals surface area (Å²) >= 11 is 9.63. The molecule has 0 aromatic carbocycles. The Morgan fingerprint density at radius 1 is 1.28 bits per heavy atom. The van der Waals surface area contributed by atoms with Crippen LogP contribution in [0.3, 0.4) is 0 Å². The number of rotatable bonds is 2. The molecule has 0 saturated heterocycles. The van der Waals surface area contributed by atoms with Crippen LogP contribution in [0.15, 0.2) is 4.47 Å². The van der Waals surface area contributed by atoms with Crippen LogP contribution in [0.25, 0.3) is 0 Å². The van der Waals surface area contributed by atoms with E-state index >= 15 is 0 Å². The van der Waals surface area contributed by atoms with Crippen LogP contribution >= 0.6 is 27.5 Å². The van der Waals surface area contributed by atoms with Crippen LogP contribution < -0.4 is 0 Å². The van der Waals surface area contributed by atoms with Crippen LogP contribution in [-0.2, 0) is 6.42 Å². The quantitative estimate of drug-likeness (QED) is 0.701. The van der Waals surface area contributed by atoms with Gasteiger partial charge in [0.1, 0.15) is 11.0 Å². The lowest BCUT2D eigenvalue weighted by atomic mass is 9.73. The summed E-state index contributed by atoms with van der Waals surface area (Å²) in [5.41, 5.74) is 1.50. The van der Waals surface area contributed by atoms with Crippen molar-refractivity contribution in [3.8, 4) is 0 Å². The van der Waals surface area contributed by atoms with E-state index in [1.165, 1.54) is 25.7 Å². The first-order valence-corrected chi connectivity index (χ1v) is 7.82. The Kier molecular flexibility index (Phi) is 4.32. The van der Waals surface area contributed by atoms with E-state index in [4.69, 9.17) is 11.6 Å². The van der Waals surface area contributed by atoms with Gasteiger partial charge in [0.25, 0.3) is 0 Å². The first-order valence-electron chi connectivity index (χ1n) is 6.65. The average molecular weight is 332 g/mol. The van der Waals surface area contributed by atoms with E-state index in [0.29, 0.717) is 16.5 Å². The maximum atomic E-state index is 6.18. The molecule has 0 N–H and O–H groups in total. The van der Waals surface area contributed by atoms with Crippen LogP contribution in [0.4, 0.5) is 0 Å². The smallest absolute Gasteiger partial charge is 0.147 e. The predicted octanol–water partition coefficient (Wildman–Crippen LogP) is 5.14. The highest BCUT2D eigenvalue weighted by molar-refractivity contribution is 9.10. The second kappa shape index (κ2) is 5.46. The molecule has 1 saturated carbocycles. The van der Waals surface area contributed by atoms with Gasteiger partial charge in [0, 0.05) is 5.92 Å². The van der Waals surface area contributed by atoms with Gasteiger partial charge in [0.15, 0.2) is 0 Å². The Balaban J connectivity index is 2.22. The van der Waals surface area contributed by atoms with E-state index in [1.54, 1.807) is 0 Å². The highest BCUT2D eigenvalue weighted by Gasteiger charge is 2.29. The summed E-state index contributed by atoms with van der Waals surface area (Å²) in [6.07, 6.45) is 5.72. The number of aromatic nitrogens is 2. The molecule has 0 aliphatic heterocycles. The van der Waals surface area contributed by atoms with Gasteiger partial charge in [0.2, 0.25) is 0 Å². The maximum absolute atomic E-state index is 6.18. The second-order valence-corrected chi connectivity index (χ2v) is 7.08. The molecule has 0 atom stereocenters. The van der Waals surface area contributed by atoms with E-state index in [1.807, 2.05) is 0 Å². The Morgan fingerprint density at radius 3 is 2.44 bits per heavy atom. The van der Waals surface area contributed by atoms with Gasteiger partial charge < -0.3 is 0 Å². The predicted molar refractivity (Wildman–Crippen MR) is 79.1 cm³/mol. The number of hydrogen-bond donors (Lipinski definition) is 0. The highest BCUT2D eigenvalue weighted by Crippen LogP contribution is 2.42. The van der Waals surface area contributed by atoms with E-state index < -0.39 is 0 Å². The third-order valence-electron chi connectivity index (χ3n) is 3.94. The molecule has 1 heterocycles. The fourth-order valence-corrected chi connectivity index (χ4v) is 3.21. The average Bonchev–Trinajstić information content (AvgIpc) is 2.32. The molecule has 0 bridgehead atoms. The molecule has 2 nitrogen and oxygen atoms in total. The molecule has 1 aliphatic rings. The maximum Gasteiger partial charge on any atom is 0.147 e. The zero-order valence-corrected chi connectivity index (χ0v) is 13.6. The Bertz CT molecular complexity index is 436. The molecule has 1 aromatic heterocycles. The van der Waals surface area contributed by atoms with Crippen molar-refractivity contribution in [3.05, 3.63) is 21.1 Å². The van der Waals surface area contributed by atoms with Crippen molar-refractivity contribution in [3.63, 3.8) is 0 Å². The summed E-state index contributed by atoms with van der Waals surface area (Å²) in [6.45, 7) is 6.78. The highest BCUT2D eigenvalue weighted by atomic mass is 79.9. The van der Waals surface area contributed by atoms with Crippen LogP contribution in [0.1, 0.15) is 63.9 Å². The van der Waals surface area contributed by atoms with Gasteiger partial charge in [-0.05, 0) is 53.4 Å². The van der Waals surface area contributed by atoms with Crippen molar-refractivity contribution in [2.24, 2.45) is 5.41 Å². The first-order chi connectivity index (χ1) is 8.43. The minimum atomic E-state index is 0.475. The van der Waals surface area contributed by atoms with E-state index in [-0.39, 0.29) is 0 Å². The minimum Gasteiger partial charge on any atom is -0.236 e. The molecule has 100 valence electrons. The SMILES string of the molecule is CCc1nc(C2CCC(C)(C)CC2)nc(Cl)c1Br. The summed E-state index contributed by atoms with van der Waals surface area (Å²) in [4.78, 5) is 9.14. The van der Waals surface area contributed by atoms with Crippen LogP contribution in [0.5, 0.6) is 0 Å². The zero-order valence-electron chi connectivity index (χ0n) is 11.3. The standard InChI is InChI=1S/C14H20BrClN2/c1-4-10-11(15)12(16)18-13(17-10)9-5-7-14(2,3)8-6-9/h9H,4-8H2,1-3H3. The fourth-order valence-electron chi connectivity index (χ4n) is 2.56. The van der Waals surface area contributed by atoms with Gasteiger partial charge in [-0.3, -0.25) is 0 Å². The van der Waals surface area contributed by atoms with Crippen molar-refractivity contribution in [1.82, 2.24) is 9.97 Å². The normalized spacial score (nSPS) is 20.1. The van der Waals surface area contributed by atoms with E-state index in [2.05, 4.69) is 46.7 Å². The van der Waals surface area contributed by atoms with E-state index in [0.717, 1.165) is 22.4 Å². The first kappa shape index (κ1) is 14.3. The van der Waals surface area contributed by atoms with Crippen molar-refractivity contribution in [2.75, 3.05) is 0 Å². The number of aryl methyl sites for hydroxylation is 1. The molecule has 0 spiro atoms. The molecule has 1 fully saturated rings. The molecular weight excluding hydrogens is 312 g/mol. The third-order valence-corrected chi connectivity index (χ3v) is 5.27. The topological polar surface area (TPSA) is 25.8 Å². The van der Waals surface area contributed by atoms with Crippen LogP contribution in [0, 0.1) is 5.41 Å². The molecule has 18 heavy (non-hydrogen) atoms. The van der Waals surface area contributed by atoms with Gasteiger partial charge in [-0.2, -0.15) is 0 Å². The third kappa shape index (κ3) is 3.05. The summed E-state index contributed by atoms with van der Waals surface area (Å²) in [5, 5.41) is 0.557. The Morgan fingerprint density at radius 2 is 1.89 bits per heavy atom. The van der Waals surface area contributed by atoms with Crippen molar-refractivity contribution >= 4 is 27.5 Å². The number of hydrogen-bond acceptors (Lipinski definition) is 2. The largest absolute Gasteiger partial charge is 0.236 e. The molecular formula is C14H20BrClN2. The monoisotopic (exact) mass is 330 g/mol. The lowest BCUT2D eigenvalue weighted by Gasteiger charge is -2.33. The Labute approximate surface area is 123 Å². The summed E-state index contributed by atoms with van der Waals surface area (Å²) < 4.78 is 0.853. The zero-order chi connectivity index (χ0) is 13.3. The van der Waals surface area contributed by atoms with E-state index in [9.17, 15) is 0 Å². The number of halogens is 2. The molecule has 0 amide bonds. The molecule has 2 rings (SSSR count). The van der Waals surface area contributed by atoms with Gasteiger partial charge in [-0.15, -0.1) is 0 Å². The lowest BCUT2D eigenvalue weighted by Crippen LogP contribution is -2.21. The van der Waals surface area contributed by atoms with Crippen molar-refractivity contribution in [1.29, 1.82) is 0 Å². The second-order valence-electron chi connectivity index (χ2n) is 5.93. The van der Waals surface area contributed by atoms with Crippen LogP contribution in [-0.4, -0.2) is 9.97 Å². The molecule has 1 aromatic rings. The molecule has 4 heteroatoms. The lowest BCUT2D eigenvalue weighted by molar-refractivity contribution is 0.220. The fraction of sp³-hybridized carbons (Fsp3) is 0.714. The summed E-state index contributed by atoms with van der Waals surface area (Å²) in [6, 6.07) is 0. The van der Waals surface area contributed by atoms with Gasteiger partial charge >= 0.3 is 0 Å². The summed E-state index contributed by atoms with van der Waals surface area (Å²) in [7, 11) is 0. The molecule has 1 aliphatic carbocycles. The minimum absolute atomic E-state index is 0.475. The van der Waals surface area contributed by atoms with Gasteiger partial charge in [0.05, 0.1) is 10.2 Å². The van der Waals surface area contributed by atoms with Gasteiger partial charge in [-0.1, -0.05) is 32.4 Å². The molecule has 0 radical (unpaired) electrons. The number of nitrogens with zero attached hydrogens (tertiary/aromatic N) is 2. The van der Waals surface area contributed by atoms with Crippen molar-refractivity contribution < 1.29 is 0 Å². The summed E-state index contributed by atoms with van der Waals surface area (Å²) in [5.74, 6) is 1.42. The Hall–Kier alpha value is -0.150. The van der Waals surface area contributed by atoms with Crippen molar-refractivity contribution in [2.45, 2.75) is 58.8 Å². The molecule has 0 unspecified atom stereocenters. The van der Waals surface area contributed by atoms with Gasteiger partial charge in [-0.25, -0.2) is 9.97 Å². The van der Waals surface area contributed by atoms with Crippen LogP contribution in [0.2, 0.25) is 5.15 Å².